The molecule has 168 valence electrons. The second-order valence-corrected chi connectivity index (χ2v) is 7.43. The van der Waals surface area contributed by atoms with Crippen LogP contribution in [0.5, 0.6) is 11.5 Å². The highest BCUT2D eigenvalue weighted by Crippen LogP contribution is 2.25. The molecule has 0 amide bonds. The van der Waals surface area contributed by atoms with E-state index in [0.717, 1.165) is 48.5 Å². The maximum absolute atomic E-state index is 10.5. The third-order valence-corrected chi connectivity index (χ3v) is 5.46. The topological polar surface area (TPSA) is 45.2 Å². The largest absolute Gasteiger partial charge is 0.497 e. The summed E-state index contributed by atoms with van der Waals surface area (Å²) in [4.78, 5) is 4.67. The van der Waals surface area contributed by atoms with E-state index in [-0.39, 0.29) is 24.8 Å². The molecule has 0 aliphatic carbocycles. The number of ether oxygens (including phenoxy) is 2. The predicted octanol–water partition coefficient (Wildman–Crippen LogP) is 4.25. The minimum absolute atomic E-state index is 0. The second kappa shape index (κ2) is 12.0. The van der Waals surface area contributed by atoms with Crippen LogP contribution in [0.15, 0.2) is 66.7 Å². The maximum atomic E-state index is 10.5. The number of hydrogen-bond donors (Lipinski definition) is 1. The van der Waals surface area contributed by atoms with Gasteiger partial charge >= 0.3 is 0 Å². The monoisotopic (exact) mass is 464 g/mol. The van der Waals surface area contributed by atoms with E-state index < -0.39 is 6.10 Å². The van der Waals surface area contributed by atoms with Crippen molar-refractivity contribution in [3.05, 3.63) is 66.7 Å². The molecule has 3 aromatic carbocycles. The Kier molecular flexibility index (Phi) is 9.72. The molecular weight excluding hydrogens is 435 g/mol. The van der Waals surface area contributed by atoms with Crippen LogP contribution >= 0.6 is 24.8 Å². The fourth-order valence-electron chi connectivity index (χ4n) is 3.84. The van der Waals surface area contributed by atoms with Crippen LogP contribution in [-0.2, 0) is 0 Å². The summed E-state index contributed by atoms with van der Waals surface area (Å²) in [6.07, 6.45) is -0.512. The molecular formula is C24H30Cl2N2O3. The van der Waals surface area contributed by atoms with Gasteiger partial charge in [0.2, 0.25) is 0 Å². The number of aliphatic hydroxyl groups excluding tert-OH is 1. The van der Waals surface area contributed by atoms with E-state index in [1.165, 1.54) is 5.69 Å². The van der Waals surface area contributed by atoms with Crippen molar-refractivity contribution < 1.29 is 14.6 Å². The fourth-order valence-corrected chi connectivity index (χ4v) is 3.84. The van der Waals surface area contributed by atoms with Gasteiger partial charge in [-0.25, -0.2) is 0 Å². The van der Waals surface area contributed by atoms with Crippen molar-refractivity contribution in [2.75, 3.05) is 51.3 Å². The van der Waals surface area contributed by atoms with Gasteiger partial charge in [0.1, 0.15) is 24.2 Å². The second-order valence-electron chi connectivity index (χ2n) is 7.43. The van der Waals surface area contributed by atoms with Gasteiger partial charge in [0.15, 0.2) is 0 Å². The van der Waals surface area contributed by atoms with E-state index in [1.54, 1.807) is 7.11 Å². The quantitative estimate of drug-likeness (QED) is 0.565. The predicted molar refractivity (Wildman–Crippen MR) is 132 cm³/mol. The van der Waals surface area contributed by atoms with Crippen LogP contribution in [0, 0.1) is 0 Å². The first-order valence-corrected chi connectivity index (χ1v) is 10.1. The SMILES string of the molecule is COc1ccc(N2CCN(CC(O)COc3cccc4ccccc34)CC2)cc1.Cl.Cl. The van der Waals surface area contributed by atoms with Crippen molar-refractivity contribution in [2.45, 2.75) is 6.10 Å². The van der Waals surface area contributed by atoms with Crippen LogP contribution in [0.25, 0.3) is 10.8 Å². The summed E-state index contributed by atoms with van der Waals surface area (Å²) in [6, 6.07) is 22.4. The molecule has 4 rings (SSSR count). The first-order valence-electron chi connectivity index (χ1n) is 10.1. The van der Waals surface area contributed by atoms with Crippen molar-refractivity contribution in [2.24, 2.45) is 0 Å². The standard InChI is InChI=1S/C24H28N2O3.2ClH/c1-28-22-11-9-20(10-12-22)26-15-13-25(14-16-26)17-21(27)18-29-24-8-4-6-19-5-2-3-7-23(19)24;;/h2-12,21,27H,13-18H2,1H3;2*1H. The van der Waals surface area contributed by atoms with Gasteiger partial charge in [0.05, 0.1) is 7.11 Å². The van der Waals surface area contributed by atoms with Gasteiger partial charge in [-0.1, -0.05) is 36.4 Å². The van der Waals surface area contributed by atoms with Gasteiger partial charge in [0.25, 0.3) is 0 Å². The Morgan fingerprint density at radius 3 is 2.26 bits per heavy atom. The lowest BCUT2D eigenvalue weighted by molar-refractivity contribution is 0.0668. The van der Waals surface area contributed by atoms with Crippen molar-refractivity contribution in [3.8, 4) is 11.5 Å². The number of aliphatic hydroxyl groups is 1. The van der Waals surface area contributed by atoms with Gasteiger partial charge in [-0.05, 0) is 35.7 Å². The summed E-state index contributed by atoms with van der Waals surface area (Å²) in [5.41, 5.74) is 1.21. The summed E-state index contributed by atoms with van der Waals surface area (Å²) in [5, 5.41) is 12.7. The third-order valence-electron chi connectivity index (χ3n) is 5.46. The van der Waals surface area contributed by atoms with E-state index in [0.29, 0.717) is 13.2 Å². The minimum atomic E-state index is -0.512. The molecule has 1 N–H and O–H groups in total. The van der Waals surface area contributed by atoms with Crippen LogP contribution in [-0.4, -0.2) is 62.6 Å². The van der Waals surface area contributed by atoms with Crippen LogP contribution in [0.1, 0.15) is 0 Å². The zero-order chi connectivity index (χ0) is 20.1. The summed E-state index contributed by atoms with van der Waals surface area (Å²) in [6.45, 7) is 4.68. The lowest BCUT2D eigenvalue weighted by atomic mass is 10.1. The lowest BCUT2D eigenvalue weighted by Gasteiger charge is -2.36. The molecule has 1 heterocycles. The summed E-state index contributed by atoms with van der Waals surface area (Å²) >= 11 is 0. The van der Waals surface area contributed by atoms with Gasteiger partial charge < -0.3 is 19.5 Å². The Bertz CT molecular complexity index is 926. The normalized spacial score (nSPS) is 15.0. The molecule has 1 fully saturated rings. The van der Waals surface area contributed by atoms with Gasteiger partial charge in [-0.2, -0.15) is 0 Å². The van der Waals surface area contributed by atoms with E-state index in [9.17, 15) is 5.11 Å². The van der Waals surface area contributed by atoms with Crippen LogP contribution < -0.4 is 14.4 Å². The van der Waals surface area contributed by atoms with Crippen molar-refractivity contribution >= 4 is 41.3 Å². The van der Waals surface area contributed by atoms with Crippen LogP contribution in [0.3, 0.4) is 0 Å². The first kappa shape index (κ1) is 25.1. The zero-order valence-corrected chi connectivity index (χ0v) is 19.3. The van der Waals surface area contributed by atoms with Crippen molar-refractivity contribution in [3.63, 3.8) is 0 Å². The molecule has 0 spiro atoms. The number of anilines is 1. The Morgan fingerprint density at radius 1 is 0.871 bits per heavy atom. The first-order chi connectivity index (χ1) is 14.2. The van der Waals surface area contributed by atoms with E-state index >= 15 is 0 Å². The fraction of sp³-hybridized carbons (Fsp3) is 0.333. The molecule has 0 bridgehead atoms. The third kappa shape index (κ3) is 6.40. The number of hydrogen-bond acceptors (Lipinski definition) is 5. The van der Waals surface area contributed by atoms with Crippen molar-refractivity contribution in [1.29, 1.82) is 0 Å². The van der Waals surface area contributed by atoms with Gasteiger partial charge in [0, 0.05) is 43.8 Å². The highest BCUT2D eigenvalue weighted by Gasteiger charge is 2.20. The zero-order valence-electron chi connectivity index (χ0n) is 17.6. The molecule has 1 aliphatic heterocycles. The van der Waals surface area contributed by atoms with E-state index in [4.69, 9.17) is 9.47 Å². The maximum Gasteiger partial charge on any atom is 0.127 e. The highest BCUT2D eigenvalue weighted by molar-refractivity contribution is 5.88. The molecule has 1 aliphatic rings. The lowest BCUT2D eigenvalue weighted by Crippen LogP contribution is -2.49. The van der Waals surface area contributed by atoms with Crippen LogP contribution in [0.4, 0.5) is 5.69 Å². The Morgan fingerprint density at radius 2 is 1.55 bits per heavy atom. The molecule has 31 heavy (non-hydrogen) atoms. The number of piperazine rings is 1. The molecule has 0 aromatic heterocycles. The van der Waals surface area contributed by atoms with E-state index in [2.05, 4.69) is 40.1 Å². The molecule has 1 atom stereocenters. The highest BCUT2D eigenvalue weighted by atomic mass is 35.5. The van der Waals surface area contributed by atoms with E-state index in [1.807, 2.05) is 36.4 Å². The summed E-state index contributed by atoms with van der Waals surface area (Å²) in [5.74, 6) is 1.70. The van der Waals surface area contributed by atoms with Crippen molar-refractivity contribution in [1.82, 2.24) is 4.90 Å². The Hall–Kier alpha value is -2.18. The number of methoxy groups -OCH3 is 1. The van der Waals surface area contributed by atoms with Crippen LogP contribution in [0.2, 0.25) is 0 Å². The summed E-state index contributed by atoms with van der Waals surface area (Å²) < 4.78 is 11.2. The smallest absolute Gasteiger partial charge is 0.127 e. The number of halogens is 2. The molecule has 0 radical (unpaired) electrons. The number of fused-ring (bicyclic) bond motifs is 1. The molecule has 1 unspecified atom stereocenters. The molecule has 5 nitrogen and oxygen atoms in total. The minimum Gasteiger partial charge on any atom is -0.497 e. The number of benzene rings is 3. The number of β-amino-alcohol motifs (C(OH)–C–C–N with tert-alkyl or cyclic N) is 1. The molecule has 3 aromatic rings. The summed E-state index contributed by atoms with van der Waals surface area (Å²) in [7, 11) is 1.68. The van der Waals surface area contributed by atoms with Gasteiger partial charge in [-0.15, -0.1) is 24.8 Å². The Balaban J connectivity index is 0.00000171. The molecule has 0 saturated carbocycles. The number of rotatable bonds is 7. The average Bonchev–Trinajstić information content (AvgIpc) is 2.78. The number of nitrogens with zero attached hydrogens (tertiary/aromatic N) is 2. The average molecular weight is 465 g/mol. The Labute approximate surface area is 196 Å². The molecule has 7 heteroatoms. The van der Waals surface area contributed by atoms with Gasteiger partial charge in [-0.3, -0.25) is 4.90 Å². The molecule has 1 saturated heterocycles.